The molecule has 7 rings (SSSR count). The van der Waals surface area contributed by atoms with Crippen molar-refractivity contribution in [2.45, 2.75) is 58.3 Å². The molecule has 0 N–H and O–H groups in total. The molecule has 222 valence electrons. The Morgan fingerprint density at radius 1 is 0.727 bits per heavy atom. The van der Waals surface area contributed by atoms with E-state index in [1.807, 2.05) is 6.08 Å². The topological polar surface area (TPSA) is 37.4 Å². The van der Waals surface area contributed by atoms with Crippen LogP contribution in [0.15, 0.2) is 72.0 Å². The predicted molar refractivity (Wildman–Crippen MR) is 183 cm³/mol. The van der Waals surface area contributed by atoms with E-state index in [0.717, 1.165) is 53.9 Å². The molecule has 0 aromatic heterocycles. The highest BCUT2D eigenvalue weighted by Gasteiger charge is 2.49. The van der Waals surface area contributed by atoms with Crippen molar-refractivity contribution in [3.05, 3.63) is 125 Å². The second-order valence-corrected chi connectivity index (χ2v) is 13.7. The first-order valence-corrected chi connectivity index (χ1v) is 16.4. The number of aryl methyl sites for hydroxylation is 3. The number of fused-ring (bicyclic) bond motifs is 5. The highest BCUT2D eigenvalue weighted by molar-refractivity contribution is 6.57. The Bertz CT molecular complexity index is 1940. The van der Waals surface area contributed by atoms with Crippen molar-refractivity contribution < 1.29 is 9.59 Å². The minimum atomic E-state index is -0.500. The maximum Gasteiger partial charge on any atom is 0.199 e. The quantitative estimate of drug-likeness (QED) is 0.0929. The average Bonchev–Trinajstić information content (AvgIpc) is 3.40. The summed E-state index contributed by atoms with van der Waals surface area (Å²) in [6, 6.07) is 17.4. The second-order valence-electron chi connectivity index (χ2n) is 12.2. The Hall–Kier alpha value is -3.08. The molecule has 0 radical (unpaired) electrons. The summed E-state index contributed by atoms with van der Waals surface area (Å²) in [5.41, 5.74) is 7.89. The number of benzene rings is 4. The molecule has 0 amide bonds. The monoisotopic (exact) mass is 659 g/mol. The van der Waals surface area contributed by atoms with E-state index >= 15 is 0 Å². The highest BCUT2D eigenvalue weighted by Crippen LogP contribution is 2.60. The minimum Gasteiger partial charge on any atom is -0.312 e. The zero-order chi connectivity index (χ0) is 31.1. The highest BCUT2D eigenvalue weighted by atomic mass is 35.5. The fourth-order valence-electron chi connectivity index (χ4n) is 7.83. The van der Waals surface area contributed by atoms with Crippen molar-refractivity contribution in [1.82, 2.24) is 0 Å². The van der Waals surface area contributed by atoms with Crippen LogP contribution < -0.4 is 4.90 Å². The first kappa shape index (κ1) is 29.6. The summed E-state index contributed by atoms with van der Waals surface area (Å²) in [5.74, 6) is -1.000. The molecule has 1 saturated carbocycles. The smallest absolute Gasteiger partial charge is 0.199 e. The Morgan fingerprint density at radius 3 is 1.93 bits per heavy atom. The second kappa shape index (κ2) is 10.8. The molecular formula is C37H29Cl4NO2. The number of rotatable bonds is 2. The molecule has 0 unspecified atom stereocenters. The third-order valence-corrected chi connectivity index (χ3v) is 11.3. The van der Waals surface area contributed by atoms with E-state index in [0.29, 0.717) is 0 Å². The summed E-state index contributed by atoms with van der Waals surface area (Å²) in [6.45, 7) is 6.41. The Labute approximate surface area is 277 Å². The van der Waals surface area contributed by atoms with Crippen LogP contribution in [0.4, 0.5) is 11.4 Å². The van der Waals surface area contributed by atoms with Crippen molar-refractivity contribution in [2.24, 2.45) is 0 Å². The molecule has 0 atom stereocenters. The van der Waals surface area contributed by atoms with Gasteiger partial charge in [-0.1, -0.05) is 114 Å². The first-order valence-electron chi connectivity index (χ1n) is 14.8. The Balaban J connectivity index is 1.52. The number of halogens is 4. The van der Waals surface area contributed by atoms with Crippen LogP contribution in [0.2, 0.25) is 20.1 Å². The van der Waals surface area contributed by atoms with E-state index < -0.39 is 11.6 Å². The zero-order valence-electron chi connectivity index (χ0n) is 24.6. The van der Waals surface area contributed by atoms with Gasteiger partial charge in [-0.2, -0.15) is 0 Å². The van der Waals surface area contributed by atoms with E-state index in [9.17, 15) is 9.59 Å². The minimum absolute atomic E-state index is 0.00120. The average molecular weight is 661 g/mol. The maximum absolute atomic E-state index is 13.7. The van der Waals surface area contributed by atoms with Crippen LogP contribution in [0.1, 0.15) is 75.1 Å². The summed E-state index contributed by atoms with van der Waals surface area (Å²) < 4.78 is 0. The lowest BCUT2D eigenvalue weighted by Crippen LogP contribution is -2.32. The number of allylic oxidation sites excluding steroid dienone is 4. The van der Waals surface area contributed by atoms with E-state index in [-0.39, 0.29) is 42.2 Å². The van der Waals surface area contributed by atoms with Gasteiger partial charge in [-0.3, -0.25) is 9.59 Å². The number of nitrogens with zero attached hydrogens (tertiary/aromatic N) is 1. The number of hydrogen-bond acceptors (Lipinski definition) is 3. The van der Waals surface area contributed by atoms with Crippen molar-refractivity contribution >= 4 is 80.1 Å². The molecule has 3 nitrogen and oxygen atoms in total. The molecule has 2 aliphatic carbocycles. The van der Waals surface area contributed by atoms with Crippen molar-refractivity contribution in [1.29, 1.82) is 0 Å². The van der Waals surface area contributed by atoms with Crippen molar-refractivity contribution in [3.63, 3.8) is 0 Å². The van der Waals surface area contributed by atoms with Gasteiger partial charge >= 0.3 is 0 Å². The molecule has 4 aromatic carbocycles. The molecule has 1 spiro atoms. The van der Waals surface area contributed by atoms with Crippen LogP contribution in [0.3, 0.4) is 0 Å². The molecule has 1 heterocycles. The van der Waals surface area contributed by atoms with E-state index in [1.165, 1.54) is 28.3 Å². The van der Waals surface area contributed by atoms with Gasteiger partial charge in [-0.15, -0.1) is 0 Å². The number of anilines is 2. The van der Waals surface area contributed by atoms with E-state index in [1.54, 1.807) is 6.08 Å². The summed E-state index contributed by atoms with van der Waals surface area (Å²) in [7, 11) is 0. The Kier molecular flexibility index (Phi) is 7.25. The summed E-state index contributed by atoms with van der Waals surface area (Å²) in [5, 5.41) is 2.26. The number of hydrogen-bond donors (Lipinski definition) is 0. The normalized spacial score (nSPS) is 18.1. The van der Waals surface area contributed by atoms with Crippen LogP contribution in [-0.2, 0) is 5.41 Å². The largest absolute Gasteiger partial charge is 0.312 e. The molecule has 0 saturated heterocycles. The number of carbonyl (C=O) groups is 2. The van der Waals surface area contributed by atoms with Gasteiger partial charge in [0, 0.05) is 11.1 Å². The first-order chi connectivity index (χ1) is 21.1. The fraction of sp³-hybridized carbons (Fsp3) is 0.243. The number of ketones is 2. The summed E-state index contributed by atoms with van der Waals surface area (Å²) >= 11 is 25.5. The van der Waals surface area contributed by atoms with Gasteiger partial charge in [0.05, 0.1) is 48.2 Å². The molecule has 7 heteroatoms. The third-order valence-electron chi connectivity index (χ3n) is 9.54. The zero-order valence-corrected chi connectivity index (χ0v) is 27.6. The van der Waals surface area contributed by atoms with Gasteiger partial charge in [-0.25, -0.2) is 0 Å². The van der Waals surface area contributed by atoms with Crippen LogP contribution in [-0.4, -0.2) is 11.6 Å². The molecule has 1 aliphatic heterocycles. The van der Waals surface area contributed by atoms with Crippen LogP contribution in [0.25, 0.3) is 10.8 Å². The van der Waals surface area contributed by atoms with E-state index in [4.69, 9.17) is 46.4 Å². The number of carbonyl (C=O) groups excluding carboxylic acids is 2. The fourth-order valence-corrected chi connectivity index (χ4v) is 8.85. The Morgan fingerprint density at radius 2 is 1.32 bits per heavy atom. The molecule has 0 bridgehead atoms. The van der Waals surface area contributed by atoms with Crippen LogP contribution in [0.5, 0.6) is 0 Å². The maximum atomic E-state index is 13.7. The van der Waals surface area contributed by atoms with Crippen LogP contribution in [0, 0.1) is 20.8 Å². The van der Waals surface area contributed by atoms with Gasteiger partial charge in [0.2, 0.25) is 0 Å². The SMILES string of the molecule is Cc1cc(C)c(N2/C(=C\C=C3C(=O)c4c(Cl)c(Cl)c(Cl)c(Cl)c4C3=O)C3(CCCCC3)c3c2ccc2ccccc32)c(C)c1. The third kappa shape index (κ3) is 4.16. The summed E-state index contributed by atoms with van der Waals surface area (Å²) in [4.78, 5) is 29.8. The lowest BCUT2D eigenvalue weighted by molar-refractivity contribution is 0.0989. The van der Waals surface area contributed by atoms with Gasteiger partial charge in [0.25, 0.3) is 0 Å². The lowest BCUT2D eigenvalue weighted by atomic mass is 9.67. The summed E-state index contributed by atoms with van der Waals surface area (Å²) in [6.07, 6.45) is 8.92. The van der Waals surface area contributed by atoms with Gasteiger partial charge in [0.15, 0.2) is 11.6 Å². The van der Waals surface area contributed by atoms with E-state index in [2.05, 4.69) is 74.2 Å². The van der Waals surface area contributed by atoms with Gasteiger partial charge in [0.1, 0.15) is 0 Å². The van der Waals surface area contributed by atoms with Crippen molar-refractivity contribution in [2.75, 3.05) is 4.90 Å². The molecule has 3 aliphatic rings. The predicted octanol–water partition coefficient (Wildman–Crippen LogP) is 11.6. The van der Waals surface area contributed by atoms with Gasteiger partial charge < -0.3 is 4.90 Å². The van der Waals surface area contributed by atoms with Crippen molar-refractivity contribution in [3.8, 4) is 0 Å². The molecule has 1 fully saturated rings. The molecule has 4 aromatic rings. The standard InChI is InChI=1S/C37H29Cl4NO2/c1-19-17-20(2)34(21(3)18-19)42-25-13-11-22-9-5-6-10-23(22)29(25)37(15-7-4-8-16-37)26(42)14-12-24-35(43)27-28(36(24)44)31(39)33(41)32(40)30(27)38/h5-6,9-14,17-18H,4,7-8,15-16H2,1-3H3/b26-14-. The van der Waals surface area contributed by atoms with Crippen LogP contribution >= 0.6 is 46.4 Å². The lowest BCUT2D eigenvalue weighted by Gasteiger charge is -2.38. The number of Topliss-reactive ketones (excluding diaryl/α,β-unsaturated/α-hetero) is 2. The molecule has 44 heavy (non-hydrogen) atoms. The molecular weight excluding hydrogens is 632 g/mol. The van der Waals surface area contributed by atoms with Gasteiger partial charge in [-0.05, 0) is 79.3 Å².